The van der Waals surface area contributed by atoms with Crippen molar-refractivity contribution < 1.29 is 0 Å². The summed E-state index contributed by atoms with van der Waals surface area (Å²) >= 11 is 0. The topological polar surface area (TPSA) is 65.4 Å². The number of rotatable bonds is 0. The Labute approximate surface area is 62.5 Å². The Kier molecular flexibility index (Phi) is 1.10. The van der Waals surface area contributed by atoms with Crippen molar-refractivity contribution in [2.75, 3.05) is 0 Å². The molecule has 2 rings (SSSR count). The lowest BCUT2D eigenvalue weighted by molar-refractivity contribution is 1.12. The number of pyridine rings is 1. The molecular weight excluding hydrogens is 140 g/mol. The van der Waals surface area contributed by atoms with Gasteiger partial charge in [0, 0.05) is 6.20 Å². The van der Waals surface area contributed by atoms with Gasteiger partial charge < -0.3 is 0 Å². The minimum atomic E-state index is 0.576. The lowest BCUT2D eigenvalue weighted by Crippen LogP contribution is -1.79. The third-order valence-corrected chi connectivity index (χ3v) is 1.46. The van der Waals surface area contributed by atoms with Crippen LogP contribution in [-0.4, -0.2) is 15.2 Å². The molecule has 1 N–H and O–H groups in total. The van der Waals surface area contributed by atoms with Gasteiger partial charge in [-0.05, 0) is 6.07 Å². The summed E-state index contributed by atoms with van der Waals surface area (Å²) in [6.07, 6.45) is 3.19. The number of aromatic nitrogens is 3. The van der Waals surface area contributed by atoms with Crippen molar-refractivity contribution in [2.24, 2.45) is 0 Å². The van der Waals surface area contributed by atoms with E-state index in [1.165, 1.54) is 0 Å². The molecule has 0 radical (unpaired) electrons. The third kappa shape index (κ3) is 0.749. The first-order chi connectivity index (χ1) is 5.42. The summed E-state index contributed by atoms with van der Waals surface area (Å²) < 4.78 is 0. The van der Waals surface area contributed by atoms with Gasteiger partial charge in [0.2, 0.25) is 0 Å². The van der Waals surface area contributed by atoms with Gasteiger partial charge in [0.05, 0.1) is 11.8 Å². The van der Waals surface area contributed by atoms with Gasteiger partial charge in [-0.2, -0.15) is 10.4 Å². The fraction of sp³-hybridized carbons (Fsp3) is 0. The lowest BCUT2D eigenvalue weighted by atomic mass is 10.2. The maximum absolute atomic E-state index is 8.63. The number of aromatic amines is 1. The van der Waals surface area contributed by atoms with Gasteiger partial charge in [-0.3, -0.25) is 10.1 Å². The number of fused-ring (bicyclic) bond motifs is 1. The average Bonchev–Trinajstić information content (AvgIpc) is 2.50. The van der Waals surface area contributed by atoms with Crippen LogP contribution in [0.15, 0.2) is 18.5 Å². The molecule has 52 valence electrons. The maximum Gasteiger partial charge on any atom is 0.109 e. The Balaban J connectivity index is 2.92. The van der Waals surface area contributed by atoms with Gasteiger partial charge in [-0.1, -0.05) is 0 Å². The molecule has 2 heterocycles. The van der Waals surface area contributed by atoms with E-state index in [1.807, 2.05) is 6.07 Å². The first-order valence-corrected chi connectivity index (χ1v) is 3.10. The van der Waals surface area contributed by atoms with E-state index in [2.05, 4.69) is 15.2 Å². The number of hydrogen-bond donors (Lipinski definition) is 1. The number of nitrogens with zero attached hydrogens (tertiary/aromatic N) is 3. The van der Waals surface area contributed by atoms with Crippen molar-refractivity contribution in [2.45, 2.75) is 0 Å². The highest BCUT2D eigenvalue weighted by molar-refractivity contribution is 5.79. The minimum Gasteiger partial charge on any atom is -0.275 e. The summed E-state index contributed by atoms with van der Waals surface area (Å²) in [5, 5.41) is 15.1. The fourth-order valence-electron chi connectivity index (χ4n) is 0.944. The Morgan fingerprint density at radius 3 is 3.27 bits per heavy atom. The quantitative estimate of drug-likeness (QED) is 0.595. The molecular formula is C7H4N4. The molecule has 0 saturated heterocycles. The maximum atomic E-state index is 8.63. The first-order valence-electron chi connectivity index (χ1n) is 3.10. The second kappa shape index (κ2) is 2.06. The smallest absolute Gasteiger partial charge is 0.109 e. The molecule has 0 unspecified atom stereocenters. The number of H-pyrrole nitrogens is 1. The number of nitrogens with one attached hydrogen (secondary N) is 1. The van der Waals surface area contributed by atoms with E-state index in [1.54, 1.807) is 18.5 Å². The highest BCUT2D eigenvalue weighted by Crippen LogP contribution is 2.10. The SMILES string of the molecule is N#Cc1ccnc2cn[nH]c12. The van der Waals surface area contributed by atoms with Crippen LogP contribution in [0.25, 0.3) is 11.0 Å². The Hall–Kier alpha value is -1.89. The summed E-state index contributed by atoms with van der Waals surface area (Å²) in [6, 6.07) is 3.70. The predicted molar refractivity (Wildman–Crippen MR) is 38.6 cm³/mol. The van der Waals surface area contributed by atoms with Crippen molar-refractivity contribution in [1.29, 1.82) is 5.26 Å². The molecule has 4 nitrogen and oxygen atoms in total. The van der Waals surface area contributed by atoms with Gasteiger partial charge in [-0.25, -0.2) is 0 Å². The van der Waals surface area contributed by atoms with Crippen molar-refractivity contribution in [3.63, 3.8) is 0 Å². The second-order valence-electron chi connectivity index (χ2n) is 2.10. The number of nitriles is 1. The van der Waals surface area contributed by atoms with Crippen molar-refractivity contribution in [3.8, 4) is 6.07 Å². The molecule has 0 fully saturated rings. The minimum absolute atomic E-state index is 0.576. The van der Waals surface area contributed by atoms with Crippen LogP contribution in [0.1, 0.15) is 5.56 Å². The van der Waals surface area contributed by atoms with E-state index in [0.717, 1.165) is 5.52 Å². The Morgan fingerprint density at radius 1 is 1.55 bits per heavy atom. The summed E-state index contributed by atoms with van der Waals surface area (Å²) in [4.78, 5) is 4.00. The molecule has 0 saturated carbocycles. The molecule has 0 bridgehead atoms. The van der Waals surface area contributed by atoms with Crippen LogP contribution in [0.5, 0.6) is 0 Å². The van der Waals surface area contributed by atoms with Gasteiger partial charge in [0.15, 0.2) is 0 Å². The van der Waals surface area contributed by atoms with Crippen molar-refractivity contribution >= 4 is 11.0 Å². The predicted octanol–water partition coefficient (Wildman–Crippen LogP) is 0.830. The van der Waals surface area contributed by atoms with Crippen LogP contribution in [-0.2, 0) is 0 Å². The monoisotopic (exact) mass is 144 g/mol. The van der Waals surface area contributed by atoms with E-state index < -0.39 is 0 Å². The lowest BCUT2D eigenvalue weighted by Gasteiger charge is -1.87. The zero-order valence-electron chi connectivity index (χ0n) is 5.57. The second-order valence-corrected chi connectivity index (χ2v) is 2.10. The average molecular weight is 144 g/mol. The standard InChI is InChI=1S/C7H4N4/c8-3-5-1-2-9-6-4-10-11-7(5)6/h1-2,4H,(H,10,11). The summed E-state index contributed by atoms with van der Waals surface area (Å²) in [7, 11) is 0. The molecule has 0 spiro atoms. The molecule has 2 aromatic rings. The molecule has 2 aromatic heterocycles. The van der Waals surface area contributed by atoms with E-state index in [9.17, 15) is 0 Å². The molecule has 0 aliphatic rings. The summed E-state index contributed by atoms with van der Waals surface area (Å²) in [6.45, 7) is 0. The van der Waals surface area contributed by atoms with E-state index in [-0.39, 0.29) is 0 Å². The summed E-state index contributed by atoms with van der Waals surface area (Å²) in [5.74, 6) is 0. The molecule has 0 aliphatic carbocycles. The van der Waals surface area contributed by atoms with Gasteiger partial charge in [0.25, 0.3) is 0 Å². The highest BCUT2D eigenvalue weighted by atomic mass is 15.1. The van der Waals surface area contributed by atoms with Crippen LogP contribution in [0.2, 0.25) is 0 Å². The van der Waals surface area contributed by atoms with Crippen molar-refractivity contribution in [1.82, 2.24) is 15.2 Å². The Bertz CT molecular complexity index is 423. The van der Waals surface area contributed by atoms with Gasteiger partial charge >= 0.3 is 0 Å². The number of hydrogen-bond acceptors (Lipinski definition) is 3. The van der Waals surface area contributed by atoms with Crippen LogP contribution in [0, 0.1) is 11.3 Å². The van der Waals surface area contributed by atoms with Gasteiger partial charge in [0.1, 0.15) is 17.1 Å². The largest absolute Gasteiger partial charge is 0.275 e. The summed E-state index contributed by atoms with van der Waals surface area (Å²) in [5.41, 5.74) is 2.01. The molecule has 4 heteroatoms. The highest BCUT2D eigenvalue weighted by Gasteiger charge is 2.00. The first kappa shape index (κ1) is 5.86. The fourth-order valence-corrected chi connectivity index (χ4v) is 0.944. The zero-order chi connectivity index (χ0) is 7.68. The van der Waals surface area contributed by atoms with Crippen LogP contribution in [0.4, 0.5) is 0 Å². The van der Waals surface area contributed by atoms with Crippen molar-refractivity contribution in [3.05, 3.63) is 24.0 Å². The molecule has 0 aromatic carbocycles. The van der Waals surface area contributed by atoms with E-state index >= 15 is 0 Å². The molecule has 0 amide bonds. The zero-order valence-corrected chi connectivity index (χ0v) is 5.57. The Morgan fingerprint density at radius 2 is 2.45 bits per heavy atom. The van der Waals surface area contributed by atoms with E-state index in [4.69, 9.17) is 5.26 Å². The molecule has 0 aliphatic heterocycles. The molecule has 0 atom stereocenters. The van der Waals surface area contributed by atoms with E-state index in [0.29, 0.717) is 11.1 Å². The normalized spacial score (nSPS) is 9.73. The van der Waals surface area contributed by atoms with Crippen LogP contribution in [0.3, 0.4) is 0 Å². The third-order valence-electron chi connectivity index (χ3n) is 1.46. The van der Waals surface area contributed by atoms with Crippen LogP contribution >= 0.6 is 0 Å². The van der Waals surface area contributed by atoms with Crippen LogP contribution < -0.4 is 0 Å². The van der Waals surface area contributed by atoms with Gasteiger partial charge in [-0.15, -0.1) is 0 Å². The molecule has 11 heavy (non-hydrogen) atoms.